The molecule has 0 aromatic heterocycles. The van der Waals surface area contributed by atoms with Crippen molar-refractivity contribution in [3.8, 4) is 0 Å². The lowest BCUT2D eigenvalue weighted by Gasteiger charge is -2.35. The summed E-state index contributed by atoms with van der Waals surface area (Å²) in [5, 5.41) is 0. The van der Waals surface area contributed by atoms with Gasteiger partial charge < -0.3 is 18.6 Å². The zero-order valence-corrected chi connectivity index (χ0v) is 21.4. The third-order valence-corrected chi connectivity index (χ3v) is 9.46. The van der Waals surface area contributed by atoms with Crippen molar-refractivity contribution in [3.05, 3.63) is 23.3 Å². The topological polar surface area (TPSA) is 40.2 Å². The van der Waals surface area contributed by atoms with Crippen LogP contribution in [0.4, 0.5) is 0 Å². The number of rotatable bonds is 2. The highest BCUT2D eigenvalue weighted by Crippen LogP contribution is 2.48. The lowest BCUT2D eigenvalue weighted by Crippen LogP contribution is -2.48. The van der Waals surface area contributed by atoms with Gasteiger partial charge in [0.2, 0.25) is 0 Å². The van der Waals surface area contributed by atoms with E-state index in [2.05, 4.69) is 79.5 Å². The van der Waals surface area contributed by atoms with Crippen LogP contribution < -0.4 is 10.9 Å². The Morgan fingerprint density at radius 1 is 0.719 bits per heavy atom. The molecule has 1 spiro atoms. The van der Waals surface area contributed by atoms with Gasteiger partial charge >= 0.3 is 14.2 Å². The Morgan fingerprint density at radius 3 is 1.66 bits per heavy atom. The molecule has 1 unspecified atom stereocenters. The minimum atomic E-state index is -0.359. The van der Waals surface area contributed by atoms with E-state index in [1.54, 1.807) is 0 Å². The minimum absolute atomic E-state index is 0.0495. The van der Waals surface area contributed by atoms with E-state index in [1.807, 2.05) is 0 Å². The van der Waals surface area contributed by atoms with Crippen molar-refractivity contribution < 1.29 is 18.6 Å². The highest BCUT2D eigenvalue weighted by Gasteiger charge is 2.57. The highest BCUT2D eigenvalue weighted by molar-refractivity contribution is 6.65. The van der Waals surface area contributed by atoms with E-state index in [4.69, 9.17) is 18.6 Å². The highest BCUT2D eigenvalue weighted by atomic mass is 16.7. The van der Waals surface area contributed by atoms with E-state index < -0.39 is 0 Å². The summed E-state index contributed by atoms with van der Waals surface area (Å²) >= 11 is 0. The smallest absolute Gasteiger partial charge is 0.399 e. The van der Waals surface area contributed by atoms with Crippen molar-refractivity contribution in [1.29, 1.82) is 0 Å². The van der Waals surface area contributed by atoms with Crippen molar-refractivity contribution in [1.82, 2.24) is 4.90 Å². The molecule has 1 aromatic rings. The molecule has 0 bridgehead atoms. The van der Waals surface area contributed by atoms with Gasteiger partial charge in [0, 0.05) is 5.54 Å². The summed E-state index contributed by atoms with van der Waals surface area (Å²) in [7, 11) is 1.57. The number of nitrogens with zero attached hydrogens (tertiary/aromatic N) is 1. The zero-order valence-electron chi connectivity index (χ0n) is 21.4. The predicted octanol–water partition coefficient (Wildman–Crippen LogP) is 3.15. The molecular formula is C25H39B2NO4. The van der Waals surface area contributed by atoms with Gasteiger partial charge in [-0.15, -0.1) is 0 Å². The van der Waals surface area contributed by atoms with Gasteiger partial charge in [0.15, 0.2) is 0 Å². The Hall–Kier alpha value is -0.850. The Kier molecular flexibility index (Phi) is 4.91. The Morgan fingerprint density at radius 2 is 1.19 bits per heavy atom. The van der Waals surface area contributed by atoms with Crippen LogP contribution in [0, 0.1) is 0 Å². The van der Waals surface area contributed by atoms with Gasteiger partial charge in [0.1, 0.15) is 0 Å². The van der Waals surface area contributed by atoms with Crippen molar-refractivity contribution in [3.63, 3.8) is 0 Å². The second kappa shape index (κ2) is 6.85. The first-order valence-corrected chi connectivity index (χ1v) is 12.3. The molecule has 0 amide bonds. The normalized spacial score (nSPS) is 32.3. The van der Waals surface area contributed by atoms with Gasteiger partial charge in [0.05, 0.1) is 22.4 Å². The molecule has 4 aliphatic rings. The summed E-state index contributed by atoms with van der Waals surface area (Å²) in [6.45, 7) is 18.1. The fourth-order valence-electron chi connectivity index (χ4n) is 5.96. The number of fused-ring (bicyclic) bond motifs is 2. The molecule has 1 atom stereocenters. The van der Waals surface area contributed by atoms with Gasteiger partial charge in [-0.05, 0) is 117 Å². The lowest BCUT2D eigenvalue weighted by atomic mass is 9.66. The zero-order chi connectivity index (χ0) is 23.3. The first-order chi connectivity index (χ1) is 14.7. The molecule has 174 valence electrons. The Bertz CT molecular complexity index is 912. The van der Waals surface area contributed by atoms with Crippen molar-refractivity contribution in [2.75, 3.05) is 13.6 Å². The monoisotopic (exact) mass is 439 g/mol. The average Bonchev–Trinajstić information content (AvgIpc) is 3.34. The molecule has 3 heterocycles. The molecule has 5 rings (SSSR count). The number of benzene rings is 1. The SMILES string of the molecule is CN1CCCC12CCc1c(B3OC(C)(C)C(C)(C)O3)ccc(B3OC(C)(C)C(C)(C)O3)c12. The summed E-state index contributed by atoms with van der Waals surface area (Å²) in [5.74, 6) is 0. The van der Waals surface area contributed by atoms with Crippen LogP contribution in [0.3, 0.4) is 0 Å². The van der Waals surface area contributed by atoms with Crippen LogP contribution in [0.2, 0.25) is 0 Å². The van der Waals surface area contributed by atoms with Crippen LogP contribution in [-0.4, -0.2) is 55.1 Å². The van der Waals surface area contributed by atoms with Crippen LogP contribution in [0.15, 0.2) is 12.1 Å². The number of likely N-dealkylation sites (tertiary alicyclic amines) is 1. The molecular weight excluding hydrogens is 400 g/mol. The fourth-order valence-corrected chi connectivity index (χ4v) is 5.96. The maximum atomic E-state index is 6.54. The lowest BCUT2D eigenvalue weighted by molar-refractivity contribution is 0.00578. The van der Waals surface area contributed by atoms with Crippen molar-refractivity contribution in [2.45, 2.75) is 109 Å². The molecule has 7 heteroatoms. The number of hydrogen-bond donors (Lipinski definition) is 0. The van der Waals surface area contributed by atoms with Crippen LogP contribution in [-0.2, 0) is 30.6 Å². The van der Waals surface area contributed by atoms with E-state index in [0.717, 1.165) is 19.4 Å². The van der Waals surface area contributed by atoms with Crippen LogP contribution in [0.25, 0.3) is 0 Å². The third-order valence-electron chi connectivity index (χ3n) is 9.46. The molecule has 0 saturated carbocycles. The minimum Gasteiger partial charge on any atom is -0.399 e. The fraction of sp³-hybridized carbons (Fsp3) is 0.760. The van der Waals surface area contributed by atoms with E-state index in [9.17, 15) is 0 Å². The van der Waals surface area contributed by atoms with Crippen LogP contribution in [0.5, 0.6) is 0 Å². The van der Waals surface area contributed by atoms with Crippen LogP contribution >= 0.6 is 0 Å². The maximum Gasteiger partial charge on any atom is 0.495 e. The predicted molar refractivity (Wildman–Crippen MR) is 130 cm³/mol. The first kappa shape index (κ1) is 22.9. The van der Waals surface area contributed by atoms with Crippen LogP contribution in [0.1, 0.15) is 85.8 Å². The van der Waals surface area contributed by atoms with E-state index in [0.29, 0.717) is 0 Å². The molecule has 3 fully saturated rings. The summed E-state index contributed by atoms with van der Waals surface area (Å²) < 4.78 is 26.1. The Labute approximate surface area is 194 Å². The van der Waals surface area contributed by atoms with E-state index in [-0.39, 0.29) is 42.2 Å². The van der Waals surface area contributed by atoms with Gasteiger partial charge in [-0.2, -0.15) is 0 Å². The number of hydrogen-bond acceptors (Lipinski definition) is 5. The standard InChI is InChI=1S/C25H39B2NO4/c1-21(2)22(3,4)30-26(29-21)18-11-12-19(27-31-23(5,6)24(7,8)32-27)20-17(18)13-15-25(20)14-10-16-28(25)9/h11-12H,10,13-16H2,1-9H3. The second-order valence-corrected chi connectivity index (χ2v) is 12.3. The molecule has 3 saturated heterocycles. The van der Waals surface area contributed by atoms with Gasteiger partial charge in [0.25, 0.3) is 0 Å². The molecule has 3 aliphatic heterocycles. The summed E-state index contributed by atoms with van der Waals surface area (Å²) in [5.41, 5.74) is 3.78. The van der Waals surface area contributed by atoms with Crippen molar-refractivity contribution in [2.24, 2.45) is 0 Å². The summed E-state index contributed by atoms with van der Waals surface area (Å²) in [4.78, 5) is 2.56. The van der Waals surface area contributed by atoms with Gasteiger partial charge in [-0.25, -0.2) is 0 Å². The summed E-state index contributed by atoms with van der Waals surface area (Å²) in [6, 6.07) is 4.43. The average molecular weight is 439 g/mol. The van der Waals surface area contributed by atoms with E-state index >= 15 is 0 Å². The molecule has 1 aliphatic carbocycles. The molecule has 0 radical (unpaired) electrons. The first-order valence-electron chi connectivity index (χ1n) is 12.3. The third kappa shape index (κ3) is 3.04. The summed E-state index contributed by atoms with van der Waals surface area (Å²) in [6.07, 6.45) is 4.56. The Balaban J connectivity index is 1.63. The molecule has 0 N–H and O–H groups in total. The molecule has 32 heavy (non-hydrogen) atoms. The van der Waals surface area contributed by atoms with Gasteiger partial charge in [-0.3, -0.25) is 4.90 Å². The van der Waals surface area contributed by atoms with Crippen molar-refractivity contribution >= 4 is 25.2 Å². The molecule has 5 nitrogen and oxygen atoms in total. The second-order valence-electron chi connectivity index (χ2n) is 12.3. The quantitative estimate of drug-likeness (QED) is 0.663. The maximum absolute atomic E-state index is 6.54. The van der Waals surface area contributed by atoms with E-state index in [1.165, 1.54) is 34.9 Å². The molecule has 1 aromatic carbocycles. The largest absolute Gasteiger partial charge is 0.495 e. The van der Waals surface area contributed by atoms with Gasteiger partial charge in [-0.1, -0.05) is 12.1 Å².